The summed E-state index contributed by atoms with van der Waals surface area (Å²) < 4.78 is 0. The molecule has 1 aliphatic carbocycles. The van der Waals surface area contributed by atoms with Gasteiger partial charge in [0, 0.05) is 17.5 Å². The van der Waals surface area contributed by atoms with E-state index in [0.29, 0.717) is 0 Å². The molecular weight excluding hydrogens is 180 g/mol. The summed E-state index contributed by atoms with van der Waals surface area (Å²) in [4.78, 5) is 5.86. The van der Waals surface area contributed by atoms with Crippen molar-refractivity contribution in [2.45, 2.75) is 45.7 Å². The van der Waals surface area contributed by atoms with Crippen LogP contribution in [-0.4, -0.2) is 11.0 Å². The highest BCUT2D eigenvalue weighted by Crippen LogP contribution is 2.20. The number of hydrogen-bond donors (Lipinski definition) is 1. The Morgan fingerprint density at radius 2 is 2.23 bits per heavy atom. The maximum Gasteiger partial charge on any atom is 0.0900 e. The van der Waals surface area contributed by atoms with Gasteiger partial charge in [-0.3, -0.25) is 0 Å². The Kier molecular flexibility index (Phi) is 2.65. The Balaban J connectivity index is 1.89. The summed E-state index contributed by atoms with van der Waals surface area (Å²) in [7, 11) is 0. The lowest BCUT2D eigenvalue weighted by atomic mass is 9.93. The van der Waals surface area contributed by atoms with Crippen LogP contribution in [0.25, 0.3) is 0 Å². The molecule has 0 radical (unpaired) electrons. The van der Waals surface area contributed by atoms with Gasteiger partial charge >= 0.3 is 0 Å². The molecule has 0 spiro atoms. The van der Waals surface area contributed by atoms with Crippen LogP contribution >= 0.6 is 11.3 Å². The average molecular weight is 196 g/mol. The summed E-state index contributed by atoms with van der Waals surface area (Å²) >= 11 is 1.80. The normalized spacial score (nSPS) is 17.4. The van der Waals surface area contributed by atoms with Gasteiger partial charge < -0.3 is 5.32 Å². The second-order valence-electron chi connectivity index (χ2n) is 3.74. The van der Waals surface area contributed by atoms with E-state index in [9.17, 15) is 0 Å². The van der Waals surface area contributed by atoms with Crippen molar-refractivity contribution in [3.05, 3.63) is 15.6 Å². The van der Waals surface area contributed by atoms with Gasteiger partial charge in [-0.1, -0.05) is 6.42 Å². The van der Waals surface area contributed by atoms with E-state index in [-0.39, 0.29) is 0 Å². The molecule has 2 nitrogen and oxygen atoms in total. The standard InChI is InChI=1S/C10H16N2S/c1-7-10(12-8(2)13-7)6-11-9-4-3-5-9/h9,11H,3-6H2,1-2H3. The third-order valence-electron chi connectivity index (χ3n) is 2.66. The zero-order valence-corrected chi connectivity index (χ0v) is 9.08. The molecule has 0 aromatic carbocycles. The van der Waals surface area contributed by atoms with Crippen molar-refractivity contribution in [1.29, 1.82) is 0 Å². The van der Waals surface area contributed by atoms with Crippen molar-refractivity contribution in [1.82, 2.24) is 10.3 Å². The van der Waals surface area contributed by atoms with E-state index >= 15 is 0 Å². The molecule has 1 aromatic rings. The molecule has 0 saturated heterocycles. The number of rotatable bonds is 3. The lowest BCUT2D eigenvalue weighted by Gasteiger charge is -2.26. The maximum atomic E-state index is 4.50. The van der Waals surface area contributed by atoms with Crippen LogP contribution in [0, 0.1) is 13.8 Å². The number of nitrogens with zero attached hydrogens (tertiary/aromatic N) is 1. The summed E-state index contributed by atoms with van der Waals surface area (Å²) in [5, 5.41) is 4.72. The number of nitrogens with one attached hydrogen (secondary N) is 1. The first kappa shape index (κ1) is 9.16. The largest absolute Gasteiger partial charge is 0.308 e. The van der Waals surface area contributed by atoms with E-state index in [0.717, 1.165) is 12.6 Å². The molecule has 2 rings (SSSR count). The van der Waals surface area contributed by atoms with E-state index < -0.39 is 0 Å². The molecule has 1 saturated carbocycles. The molecule has 1 fully saturated rings. The van der Waals surface area contributed by atoms with Crippen LogP contribution in [0.3, 0.4) is 0 Å². The molecule has 0 bridgehead atoms. The molecule has 0 aliphatic heterocycles. The van der Waals surface area contributed by atoms with Crippen molar-refractivity contribution in [2.75, 3.05) is 0 Å². The van der Waals surface area contributed by atoms with Gasteiger partial charge in [-0.15, -0.1) is 11.3 Å². The molecule has 3 heteroatoms. The minimum Gasteiger partial charge on any atom is -0.308 e. The van der Waals surface area contributed by atoms with Gasteiger partial charge in [0.1, 0.15) is 0 Å². The SMILES string of the molecule is Cc1nc(CNC2CCC2)c(C)s1. The third kappa shape index (κ3) is 2.09. The molecule has 0 unspecified atom stereocenters. The van der Waals surface area contributed by atoms with Crippen LogP contribution < -0.4 is 5.32 Å². The molecule has 72 valence electrons. The van der Waals surface area contributed by atoms with E-state index in [1.807, 2.05) is 0 Å². The summed E-state index contributed by atoms with van der Waals surface area (Å²) in [6.07, 6.45) is 4.09. The Morgan fingerprint density at radius 1 is 1.46 bits per heavy atom. The molecular formula is C10H16N2S. The van der Waals surface area contributed by atoms with Crippen LogP contribution in [-0.2, 0) is 6.54 Å². The molecule has 0 atom stereocenters. The van der Waals surface area contributed by atoms with Gasteiger partial charge in [0.05, 0.1) is 10.7 Å². The fourth-order valence-electron chi connectivity index (χ4n) is 1.59. The fraction of sp³-hybridized carbons (Fsp3) is 0.700. The third-order valence-corrected chi connectivity index (χ3v) is 3.59. The smallest absolute Gasteiger partial charge is 0.0900 e. The molecule has 0 amide bonds. The summed E-state index contributed by atoms with van der Waals surface area (Å²) in [6, 6.07) is 0.765. The fourth-order valence-corrected chi connectivity index (χ4v) is 2.42. The zero-order chi connectivity index (χ0) is 9.26. The zero-order valence-electron chi connectivity index (χ0n) is 8.26. The lowest BCUT2D eigenvalue weighted by Crippen LogP contribution is -2.34. The van der Waals surface area contributed by atoms with Crippen molar-refractivity contribution < 1.29 is 0 Å². The highest BCUT2D eigenvalue weighted by Gasteiger charge is 2.17. The van der Waals surface area contributed by atoms with E-state index in [1.54, 1.807) is 11.3 Å². The van der Waals surface area contributed by atoms with Crippen molar-refractivity contribution in [3.63, 3.8) is 0 Å². The number of aryl methyl sites for hydroxylation is 2. The van der Waals surface area contributed by atoms with Crippen molar-refractivity contribution in [3.8, 4) is 0 Å². The predicted octanol–water partition coefficient (Wildman–Crippen LogP) is 2.40. The lowest BCUT2D eigenvalue weighted by molar-refractivity contribution is 0.337. The second kappa shape index (κ2) is 3.76. The number of aromatic nitrogens is 1. The summed E-state index contributed by atoms with van der Waals surface area (Å²) in [6.45, 7) is 5.19. The average Bonchev–Trinajstić information content (AvgIpc) is 2.27. The minimum absolute atomic E-state index is 0.765. The maximum absolute atomic E-state index is 4.50. The molecule has 1 aliphatic rings. The quantitative estimate of drug-likeness (QED) is 0.803. The second-order valence-corrected chi connectivity index (χ2v) is 5.15. The van der Waals surface area contributed by atoms with Crippen molar-refractivity contribution in [2.24, 2.45) is 0 Å². The highest BCUT2D eigenvalue weighted by molar-refractivity contribution is 7.11. The van der Waals surface area contributed by atoms with E-state index in [2.05, 4.69) is 24.1 Å². The van der Waals surface area contributed by atoms with Crippen LogP contribution in [0.15, 0.2) is 0 Å². The van der Waals surface area contributed by atoms with E-state index in [1.165, 1.54) is 34.8 Å². The number of thiazole rings is 1. The van der Waals surface area contributed by atoms with Crippen molar-refractivity contribution >= 4 is 11.3 Å². The van der Waals surface area contributed by atoms with Crippen LogP contribution in [0.2, 0.25) is 0 Å². The van der Waals surface area contributed by atoms with Gasteiger partial charge in [-0.25, -0.2) is 4.98 Å². The van der Waals surface area contributed by atoms with Gasteiger partial charge in [-0.2, -0.15) is 0 Å². The minimum atomic E-state index is 0.765. The van der Waals surface area contributed by atoms with E-state index in [4.69, 9.17) is 0 Å². The Hall–Kier alpha value is -0.410. The van der Waals surface area contributed by atoms with Crippen LogP contribution in [0.1, 0.15) is 34.8 Å². The van der Waals surface area contributed by atoms with Gasteiger partial charge in [0.15, 0.2) is 0 Å². The number of hydrogen-bond acceptors (Lipinski definition) is 3. The first-order valence-electron chi connectivity index (χ1n) is 4.92. The highest BCUT2D eigenvalue weighted by atomic mass is 32.1. The summed E-state index contributed by atoms with van der Waals surface area (Å²) in [5.41, 5.74) is 1.24. The van der Waals surface area contributed by atoms with Crippen LogP contribution in [0.5, 0.6) is 0 Å². The molecule has 13 heavy (non-hydrogen) atoms. The summed E-state index contributed by atoms with van der Waals surface area (Å²) in [5.74, 6) is 0. The van der Waals surface area contributed by atoms with Gasteiger partial charge in [-0.05, 0) is 26.7 Å². The van der Waals surface area contributed by atoms with Crippen LogP contribution in [0.4, 0.5) is 0 Å². The topological polar surface area (TPSA) is 24.9 Å². The Bertz CT molecular complexity index is 289. The molecule has 1 aromatic heterocycles. The molecule has 1 heterocycles. The monoisotopic (exact) mass is 196 g/mol. The first-order valence-corrected chi connectivity index (χ1v) is 5.73. The predicted molar refractivity (Wildman–Crippen MR) is 56.1 cm³/mol. The van der Waals surface area contributed by atoms with Gasteiger partial charge in [0.25, 0.3) is 0 Å². The van der Waals surface area contributed by atoms with Gasteiger partial charge in [0.2, 0.25) is 0 Å². The Labute approximate surface area is 83.4 Å². The Morgan fingerprint density at radius 3 is 2.69 bits per heavy atom. The first-order chi connectivity index (χ1) is 6.25. The molecule has 1 N–H and O–H groups in total.